The van der Waals surface area contributed by atoms with Crippen LogP contribution in [-0.4, -0.2) is 31.8 Å². The minimum absolute atomic E-state index is 0.0295. The Bertz CT molecular complexity index is 561. The van der Waals surface area contributed by atoms with Crippen molar-refractivity contribution in [2.45, 2.75) is 38.1 Å². The van der Waals surface area contributed by atoms with Crippen molar-refractivity contribution in [3.63, 3.8) is 0 Å². The molecular formula is C20H27NO3. The second kappa shape index (κ2) is 7.14. The molecule has 3 fully saturated rings. The van der Waals surface area contributed by atoms with Crippen molar-refractivity contribution in [2.24, 2.45) is 23.7 Å². The molecule has 130 valence electrons. The van der Waals surface area contributed by atoms with Crippen LogP contribution < -0.4 is 10.1 Å². The average molecular weight is 329 g/mol. The van der Waals surface area contributed by atoms with Crippen LogP contribution in [0.1, 0.15) is 32.1 Å². The van der Waals surface area contributed by atoms with E-state index in [1.165, 1.54) is 32.1 Å². The van der Waals surface area contributed by atoms with Crippen molar-refractivity contribution in [1.29, 1.82) is 0 Å². The van der Waals surface area contributed by atoms with E-state index in [0.29, 0.717) is 19.3 Å². The molecule has 1 aromatic rings. The summed E-state index contributed by atoms with van der Waals surface area (Å²) in [4.78, 5) is 12.1. The molecular weight excluding hydrogens is 302 g/mol. The van der Waals surface area contributed by atoms with Crippen LogP contribution in [0, 0.1) is 23.7 Å². The molecule has 3 aliphatic rings. The molecule has 1 N–H and O–H groups in total. The maximum Gasteiger partial charge on any atom is 0.246 e. The maximum atomic E-state index is 12.1. The number of carbonyl (C=O) groups is 1. The summed E-state index contributed by atoms with van der Waals surface area (Å²) < 4.78 is 11.0. The van der Waals surface area contributed by atoms with E-state index < -0.39 is 0 Å². The maximum absolute atomic E-state index is 12.1. The molecule has 0 unspecified atom stereocenters. The molecule has 4 rings (SSSR count). The normalized spacial score (nSPS) is 33.4. The number of hydrogen-bond acceptors (Lipinski definition) is 3. The van der Waals surface area contributed by atoms with E-state index in [4.69, 9.17) is 9.47 Å². The Morgan fingerprint density at radius 2 is 1.88 bits per heavy atom. The van der Waals surface area contributed by atoms with Gasteiger partial charge in [-0.1, -0.05) is 24.6 Å². The van der Waals surface area contributed by atoms with Crippen LogP contribution in [0.5, 0.6) is 5.75 Å². The average Bonchev–Trinajstić information content (AvgIpc) is 3.28. The molecule has 0 aliphatic heterocycles. The second-order valence-electron chi connectivity index (χ2n) is 7.54. The predicted octanol–water partition coefficient (Wildman–Crippen LogP) is 3.02. The lowest BCUT2D eigenvalue weighted by molar-refractivity contribution is -0.127. The van der Waals surface area contributed by atoms with Gasteiger partial charge in [-0.3, -0.25) is 4.79 Å². The quantitative estimate of drug-likeness (QED) is 0.782. The van der Waals surface area contributed by atoms with Gasteiger partial charge in [0.05, 0.1) is 6.61 Å². The van der Waals surface area contributed by atoms with Gasteiger partial charge in [0.1, 0.15) is 19.0 Å². The molecule has 0 heterocycles. The number of carbonyl (C=O) groups excluding carboxylic acids is 1. The zero-order valence-corrected chi connectivity index (χ0v) is 14.2. The number of fused-ring (bicyclic) bond motifs is 5. The fourth-order valence-electron chi connectivity index (χ4n) is 5.38. The number of benzene rings is 1. The van der Waals surface area contributed by atoms with Crippen LogP contribution in [0.2, 0.25) is 0 Å². The summed E-state index contributed by atoms with van der Waals surface area (Å²) in [5.74, 6) is 4.31. The van der Waals surface area contributed by atoms with Gasteiger partial charge in [0.25, 0.3) is 0 Å². The third kappa shape index (κ3) is 3.30. The highest BCUT2D eigenvalue weighted by Crippen LogP contribution is 2.58. The van der Waals surface area contributed by atoms with Crippen molar-refractivity contribution in [2.75, 3.05) is 19.8 Å². The summed E-state index contributed by atoms with van der Waals surface area (Å²) in [5.41, 5.74) is 0. The van der Waals surface area contributed by atoms with E-state index >= 15 is 0 Å². The number of hydrogen-bond donors (Lipinski definition) is 1. The van der Waals surface area contributed by atoms with E-state index in [1.54, 1.807) is 0 Å². The molecule has 3 aliphatic carbocycles. The summed E-state index contributed by atoms with van der Waals surface area (Å²) in [6.07, 6.45) is 6.73. The predicted molar refractivity (Wildman–Crippen MR) is 91.7 cm³/mol. The lowest BCUT2D eigenvalue weighted by Gasteiger charge is -2.32. The molecule has 0 aromatic heterocycles. The van der Waals surface area contributed by atoms with Gasteiger partial charge >= 0.3 is 0 Å². The third-order valence-corrected chi connectivity index (χ3v) is 6.25. The highest BCUT2D eigenvalue weighted by atomic mass is 16.5. The molecule has 2 bridgehead atoms. The monoisotopic (exact) mass is 329 g/mol. The van der Waals surface area contributed by atoms with Gasteiger partial charge in [-0.25, -0.2) is 0 Å². The second-order valence-corrected chi connectivity index (χ2v) is 7.54. The van der Waals surface area contributed by atoms with Gasteiger partial charge in [0.2, 0.25) is 5.91 Å². The summed E-state index contributed by atoms with van der Waals surface area (Å²) in [5, 5.41) is 3.23. The highest BCUT2D eigenvalue weighted by molar-refractivity contribution is 5.77. The molecule has 0 saturated heterocycles. The molecule has 5 atom stereocenters. The molecule has 1 amide bonds. The number of rotatable bonds is 7. The lowest BCUT2D eigenvalue weighted by atomic mass is 9.79. The number of ether oxygens (including phenoxy) is 2. The summed E-state index contributed by atoms with van der Waals surface area (Å²) in [7, 11) is 0. The summed E-state index contributed by atoms with van der Waals surface area (Å²) >= 11 is 0. The summed E-state index contributed by atoms with van der Waals surface area (Å²) in [6, 6.07) is 10.1. The van der Waals surface area contributed by atoms with E-state index in [1.807, 2.05) is 30.3 Å². The minimum Gasteiger partial charge on any atom is -0.491 e. The third-order valence-electron chi connectivity index (χ3n) is 6.25. The number of nitrogens with one attached hydrogen (secondary N) is 1. The fraction of sp³-hybridized carbons (Fsp3) is 0.650. The van der Waals surface area contributed by atoms with Crippen LogP contribution in [0.25, 0.3) is 0 Å². The van der Waals surface area contributed by atoms with Crippen LogP contribution in [-0.2, 0) is 9.53 Å². The largest absolute Gasteiger partial charge is 0.491 e. The Kier molecular flexibility index (Phi) is 4.74. The fourth-order valence-corrected chi connectivity index (χ4v) is 5.38. The zero-order valence-electron chi connectivity index (χ0n) is 14.2. The number of para-hydroxylation sites is 1. The van der Waals surface area contributed by atoms with E-state index in [9.17, 15) is 4.79 Å². The van der Waals surface area contributed by atoms with Crippen molar-refractivity contribution in [3.8, 4) is 5.75 Å². The van der Waals surface area contributed by atoms with E-state index in [2.05, 4.69) is 5.32 Å². The summed E-state index contributed by atoms with van der Waals surface area (Å²) in [6.45, 7) is 1.04. The highest BCUT2D eigenvalue weighted by Gasteiger charge is 2.53. The standard InChI is InChI=1S/C20H27NO3/c22-20(13-23-9-10-24-15-5-2-1-3-6-15)21-19-12-14-11-18(19)17-8-4-7-16(14)17/h1-3,5-6,14,16-19H,4,7-13H2,(H,21,22)/t14-,16+,17-,18+,19-/m1/s1. The Morgan fingerprint density at radius 1 is 1.04 bits per heavy atom. The Hall–Kier alpha value is -1.55. The molecule has 0 spiro atoms. The zero-order chi connectivity index (χ0) is 16.4. The van der Waals surface area contributed by atoms with Crippen LogP contribution in [0.3, 0.4) is 0 Å². The molecule has 4 heteroatoms. The van der Waals surface area contributed by atoms with Crippen LogP contribution in [0.15, 0.2) is 30.3 Å². The van der Waals surface area contributed by atoms with Gasteiger partial charge in [-0.2, -0.15) is 0 Å². The first-order valence-electron chi connectivity index (χ1n) is 9.36. The Labute approximate surface area is 143 Å². The molecule has 4 nitrogen and oxygen atoms in total. The smallest absolute Gasteiger partial charge is 0.246 e. The van der Waals surface area contributed by atoms with Crippen LogP contribution in [0.4, 0.5) is 0 Å². The topological polar surface area (TPSA) is 47.6 Å². The number of amides is 1. The molecule has 0 radical (unpaired) electrons. The van der Waals surface area contributed by atoms with Crippen molar-refractivity contribution < 1.29 is 14.3 Å². The van der Waals surface area contributed by atoms with Gasteiger partial charge in [-0.05, 0) is 61.5 Å². The van der Waals surface area contributed by atoms with Crippen molar-refractivity contribution >= 4 is 5.91 Å². The van der Waals surface area contributed by atoms with Gasteiger partial charge in [-0.15, -0.1) is 0 Å². The Balaban J connectivity index is 1.13. The first-order chi connectivity index (χ1) is 11.8. The van der Waals surface area contributed by atoms with Crippen molar-refractivity contribution in [3.05, 3.63) is 30.3 Å². The van der Waals surface area contributed by atoms with Crippen molar-refractivity contribution in [1.82, 2.24) is 5.32 Å². The SMILES string of the molecule is O=C(COCCOc1ccccc1)N[C@@H]1C[C@H]2C[C@H]1[C@@H]1CCC[C@@H]21. The van der Waals surface area contributed by atoms with E-state index in [-0.39, 0.29) is 12.5 Å². The Morgan fingerprint density at radius 3 is 2.75 bits per heavy atom. The van der Waals surface area contributed by atoms with Crippen LogP contribution >= 0.6 is 0 Å². The molecule has 24 heavy (non-hydrogen) atoms. The van der Waals surface area contributed by atoms with Gasteiger partial charge in [0, 0.05) is 6.04 Å². The minimum atomic E-state index is 0.0295. The first-order valence-corrected chi connectivity index (χ1v) is 9.36. The van der Waals surface area contributed by atoms with Gasteiger partial charge in [0.15, 0.2) is 0 Å². The van der Waals surface area contributed by atoms with Gasteiger partial charge < -0.3 is 14.8 Å². The lowest BCUT2D eigenvalue weighted by Crippen LogP contribution is -2.43. The molecule has 1 aromatic carbocycles. The van der Waals surface area contributed by atoms with E-state index in [0.717, 1.165) is 29.4 Å². The first kappa shape index (κ1) is 15.9. The molecule has 3 saturated carbocycles.